The van der Waals surface area contributed by atoms with Crippen LogP contribution >= 0.6 is 11.6 Å². The number of hydrogen-bond acceptors (Lipinski definition) is 3. The van der Waals surface area contributed by atoms with E-state index in [-0.39, 0.29) is 17.9 Å². The van der Waals surface area contributed by atoms with Gasteiger partial charge in [-0.1, -0.05) is 17.7 Å². The van der Waals surface area contributed by atoms with E-state index in [1.54, 1.807) is 13.0 Å². The van der Waals surface area contributed by atoms with Crippen LogP contribution in [0.1, 0.15) is 21.9 Å². The molecule has 0 N–H and O–H groups in total. The van der Waals surface area contributed by atoms with E-state index in [0.717, 1.165) is 0 Å². The fraction of sp³-hybridized carbons (Fsp3) is 0.154. The van der Waals surface area contributed by atoms with Crippen LogP contribution in [0.15, 0.2) is 30.5 Å². The van der Waals surface area contributed by atoms with Gasteiger partial charge in [0.25, 0.3) is 0 Å². The first kappa shape index (κ1) is 12.6. The molecule has 18 heavy (non-hydrogen) atoms. The molecule has 0 bridgehead atoms. The highest BCUT2D eigenvalue weighted by Crippen LogP contribution is 2.16. The number of rotatable bonds is 3. The molecule has 0 amide bonds. The standard InChI is InChI=1S/C13H10ClFN2O/c1-8-16-5-4-12(17-8)13(18)6-9-2-3-10(14)7-11(9)15/h2-5,7H,6H2,1H3. The number of Topliss-reactive ketones (excluding diaryl/α,β-unsaturated/α-hetero) is 1. The molecule has 0 atom stereocenters. The number of hydrogen-bond donors (Lipinski definition) is 0. The van der Waals surface area contributed by atoms with Gasteiger partial charge in [0, 0.05) is 17.6 Å². The average Bonchev–Trinajstić information content (AvgIpc) is 2.32. The first-order chi connectivity index (χ1) is 8.56. The number of aromatic nitrogens is 2. The molecule has 92 valence electrons. The predicted molar refractivity (Wildman–Crippen MR) is 66.2 cm³/mol. The molecule has 0 aliphatic carbocycles. The molecule has 0 aliphatic heterocycles. The van der Waals surface area contributed by atoms with Gasteiger partial charge in [0.1, 0.15) is 17.3 Å². The van der Waals surface area contributed by atoms with E-state index in [9.17, 15) is 9.18 Å². The predicted octanol–water partition coefficient (Wildman–Crippen LogP) is 3.00. The molecular weight excluding hydrogens is 255 g/mol. The minimum Gasteiger partial charge on any atom is -0.292 e. The zero-order valence-electron chi connectivity index (χ0n) is 9.65. The molecule has 0 radical (unpaired) electrons. The van der Waals surface area contributed by atoms with E-state index in [1.807, 2.05) is 0 Å². The summed E-state index contributed by atoms with van der Waals surface area (Å²) >= 11 is 5.65. The number of carbonyl (C=O) groups excluding carboxylic acids is 1. The monoisotopic (exact) mass is 264 g/mol. The van der Waals surface area contributed by atoms with E-state index in [2.05, 4.69) is 9.97 Å². The summed E-state index contributed by atoms with van der Waals surface area (Å²) in [5, 5.41) is 0.307. The molecule has 0 aliphatic rings. The Bertz CT molecular complexity index is 601. The lowest BCUT2D eigenvalue weighted by Gasteiger charge is -2.03. The highest BCUT2D eigenvalue weighted by atomic mass is 35.5. The van der Waals surface area contributed by atoms with E-state index in [1.165, 1.54) is 24.4 Å². The number of nitrogens with zero attached hydrogens (tertiary/aromatic N) is 2. The van der Waals surface area contributed by atoms with Crippen molar-refractivity contribution in [3.63, 3.8) is 0 Å². The number of aryl methyl sites for hydroxylation is 1. The van der Waals surface area contributed by atoms with Crippen LogP contribution in [0.4, 0.5) is 4.39 Å². The number of halogens is 2. The molecule has 1 heterocycles. The molecule has 0 fully saturated rings. The SMILES string of the molecule is Cc1nccc(C(=O)Cc2ccc(Cl)cc2F)n1. The van der Waals surface area contributed by atoms with Crippen LogP contribution in [-0.4, -0.2) is 15.8 Å². The Kier molecular flexibility index (Phi) is 3.67. The van der Waals surface area contributed by atoms with Crippen molar-refractivity contribution in [1.29, 1.82) is 0 Å². The maximum atomic E-state index is 13.5. The molecule has 0 unspecified atom stereocenters. The number of ketones is 1. The van der Waals surface area contributed by atoms with Gasteiger partial charge < -0.3 is 0 Å². The van der Waals surface area contributed by atoms with Crippen molar-refractivity contribution in [1.82, 2.24) is 9.97 Å². The van der Waals surface area contributed by atoms with Crippen LogP contribution in [0.5, 0.6) is 0 Å². The topological polar surface area (TPSA) is 42.9 Å². The summed E-state index contributed by atoms with van der Waals surface area (Å²) in [5.41, 5.74) is 0.595. The van der Waals surface area contributed by atoms with Crippen molar-refractivity contribution in [3.8, 4) is 0 Å². The van der Waals surface area contributed by atoms with Crippen LogP contribution in [-0.2, 0) is 6.42 Å². The van der Waals surface area contributed by atoms with Crippen molar-refractivity contribution in [2.24, 2.45) is 0 Å². The normalized spacial score (nSPS) is 10.4. The van der Waals surface area contributed by atoms with Gasteiger partial charge in [-0.15, -0.1) is 0 Å². The van der Waals surface area contributed by atoms with Gasteiger partial charge in [0.15, 0.2) is 5.78 Å². The molecule has 0 saturated heterocycles. The van der Waals surface area contributed by atoms with Crippen LogP contribution in [0, 0.1) is 12.7 Å². The van der Waals surface area contributed by atoms with Gasteiger partial charge in [-0.2, -0.15) is 0 Å². The lowest BCUT2D eigenvalue weighted by atomic mass is 10.1. The summed E-state index contributed by atoms with van der Waals surface area (Å²) in [6, 6.07) is 5.76. The summed E-state index contributed by atoms with van der Waals surface area (Å²) in [6.45, 7) is 1.69. The van der Waals surface area contributed by atoms with Crippen molar-refractivity contribution >= 4 is 17.4 Å². The lowest BCUT2D eigenvalue weighted by molar-refractivity contribution is 0.0986. The van der Waals surface area contributed by atoms with Crippen molar-refractivity contribution < 1.29 is 9.18 Å². The maximum absolute atomic E-state index is 13.5. The van der Waals surface area contributed by atoms with Crippen LogP contribution in [0.2, 0.25) is 5.02 Å². The smallest absolute Gasteiger partial charge is 0.185 e. The molecule has 1 aromatic heterocycles. The molecule has 0 spiro atoms. The fourth-order valence-corrected chi connectivity index (χ4v) is 1.70. The Morgan fingerprint density at radius 1 is 1.39 bits per heavy atom. The minimum atomic E-state index is -0.485. The largest absolute Gasteiger partial charge is 0.292 e. The molecule has 3 nitrogen and oxygen atoms in total. The molecule has 2 aromatic rings. The molecule has 5 heteroatoms. The van der Waals surface area contributed by atoms with Crippen LogP contribution in [0.3, 0.4) is 0 Å². The van der Waals surface area contributed by atoms with E-state index in [0.29, 0.717) is 16.4 Å². The maximum Gasteiger partial charge on any atom is 0.185 e. The van der Waals surface area contributed by atoms with Crippen molar-refractivity contribution in [2.45, 2.75) is 13.3 Å². The first-order valence-electron chi connectivity index (χ1n) is 5.33. The van der Waals surface area contributed by atoms with Crippen LogP contribution < -0.4 is 0 Å². The number of benzene rings is 1. The van der Waals surface area contributed by atoms with Crippen molar-refractivity contribution in [3.05, 3.63) is 58.4 Å². The van der Waals surface area contributed by atoms with Gasteiger partial charge in [0.2, 0.25) is 0 Å². The zero-order valence-corrected chi connectivity index (χ0v) is 10.4. The van der Waals surface area contributed by atoms with Gasteiger partial charge in [0.05, 0.1) is 0 Å². The van der Waals surface area contributed by atoms with Gasteiger partial charge >= 0.3 is 0 Å². The third-order valence-electron chi connectivity index (χ3n) is 2.43. The number of carbonyl (C=O) groups is 1. The summed E-state index contributed by atoms with van der Waals surface area (Å²) < 4.78 is 13.5. The van der Waals surface area contributed by atoms with E-state index >= 15 is 0 Å². The average molecular weight is 265 g/mol. The fourth-order valence-electron chi connectivity index (χ4n) is 1.54. The summed E-state index contributed by atoms with van der Waals surface area (Å²) in [7, 11) is 0. The van der Waals surface area contributed by atoms with Gasteiger partial charge in [-0.05, 0) is 30.7 Å². The second-order valence-electron chi connectivity index (χ2n) is 3.82. The van der Waals surface area contributed by atoms with E-state index in [4.69, 9.17) is 11.6 Å². The summed E-state index contributed by atoms with van der Waals surface area (Å²) in [5.74, 6) is -0.222. The molecule has 2 rings (SSSR count). The molecule has 0 saturated carbocycles. The van der Waals surface area contributed by atoms with Crippen LogP contribution in [0.25, 0.3) is 0 Å². The second kappa shape index (κ2) is 5.23. The lowest BCUT2D eigenvalue weighted by Crippen LogP contribution is -2.08. The van der Waals surface area contributed by atoms with Gasteiger partial charge in [-0.3, -0.25) is 4.79 Å². The Hall–Kier alpha value is -1.81. The Labute approximate surface area is 109 Å². The third-order valence-corrected chi connectivity index (χ3v) is 2.66. The Morgan fingerprint density at radius 3 is 2.83 bits per heavy atom. The molecular formula is C13H10ClFN2O. The minimum absolute atomic E-state index is 0.0422. The quantitative estimate of drug-likeness (QED) is 0.801. The van der Waals surface area contributed by atoms with E-state index < -0.39 is 5.82 Å². The molecule has 1 aromatic carbocycles. The highest BCUT2D eigenvalue weighted by molar-refractivity contribution is 6.30. The summed E-state index contributed by atoms with van der Waals surface area (Å²) in [6.07, 6.45) is 1.47. The highest BCUT2D eigenvalue weighted by Gasteiger charge is 2.12. The third kappa shape index (κ3) is 2.90. The first-order valence-corrected chi connectivity index (χ1v) is 5.71. The zero-order chi connectivity index (χ0) is 13.1. The Morgan fingerprint density at radius 2 is 2.17 bits per heavy atom. The van der Waals surface area contributed by atoms with Gasteiger partial charge in [-0.25, -0.2) is 14.4 Å². The Balaban J connectivity index is 2.21. The summed E-state index contributed by atoms with van der Waals surface area (Å²) in [4.78, 5) is 19.8. The van der Waals surface area contributed by atoms with Crippen molar-refractivity contribution in [2.75, 3.05) is 0 Å². The second-order valence-corrected chi connectivity index (χ2v) is 4.26.